The van der Waals surface area contributed by atoms with Gasteiger partial charge >= 0.3 is 0 Å². The molecule has 0 aromatic rings. The van der Waals surface area contributed by atoms with Gasteiger partial charge in [-0.2, -0.15) is 0 Å². The van der Waals surface area contributed by atoms with Gasteiger partial charge in [0.25, 0.3) is 0 Å². The van der Waals surface area contributed by atoms with E-state index in [-0.39, 0.29) is 0 Å². The molecule has 1 fully saturated rings. The molecular weight excluding hydrogens is 183 g/mol. The van der Waals surface area contributed by atoms with Crippen LogP contribution in [-0.4, -0.2) is 59.8 Å². The lowest BCUT2D eigenvalue weighted by atomic mass is 10.0. The predicted octanol–water partition coefficient (Wildman–Crippen LogP) is -1.59. The minimum atomic E-state index is -1.86. The van der Waals surface area contributed by atoms with E-state index in [0.29, 0.717) is 0 Å². The van der Waals surface area contributed by atoms with Gasteiger partial charge in [-0.15, -0.1) is 0 Å². The van der Waals surface area contributed by atoms with Crippen molar-refractivity contribution in [1.29, 1.82) is 0 Å². The lowest BCUT2D eigenvalue weighted by molar-refractivity contribution is -0.283. The molecule has 0 spiro atoms. The van der Waals surface area contributed by atoms with Crippen LogP contribution in [-0.2, 0) is 9.47 Å². The SMILES string of the molecule is CO[C@@H]1O[C@H](CO)[C@@H](O)[C@H](F)[C@H]1O. The normalized spacial score (nSPS) is 46.4. The first-order chi connectivity index (χ1) is 6.11. The van der Waals surface area contributed by atoms with Crippen molar-refractivity contribution in [2.45, 2.75) is 30.8 Å². The molecule has 0 aliphatic carbocycles. The van der Waals surface area contributed by atoms with Gasteiger partial charge in [-0.05, 0) is 0 Å². The minimum Gasteiger partial charge on any atom is -0.394 e. The zero-order valence-electron chi connectivity index (χ0n) is 7.13. The maximum Gasteiger partial charge on any atom is 0.186 e. The number of aliphatic hydroxyl groups is 3. The number of alkyl halides is 1. The molecule has 78 valence electrons. The Morgan fingerprint density at radius 2 is 2.00 bits per heavy atom. The summed E-state index contributed by atoms with van der Waals surface area (Å²) in [6, 6.07) is 0. The van der Waals surface area contributed by atoms with Crippen LogP contribution < -0.4 is 0 Å². The molecule has 0 saturated carbocycles. The number of ether oxygens (including phenoxy) is 2. The zero-order chi connectivity index (χ0) is 10.0. The molecule has 1 rings (SSSR count). The summed E-state index contributed by atoms with van der Waals surface area (Å²) in [6.45, 7) is -0.520. The maximum absolute atomic E-state index is 13.1. The number of rotatable bonds is 2. The number of aliphatic hydroxyl groups excluding tert-OH is 3. The van der Waals surface area contributed by atoms with E-state index in [1.807, 2.05) is 0 Å². The Morgan fingerprint density at radius 1 is 1.38 bits per heavy atom. The highest BCUT2D eigenvalue weighted by Gasteiger charge is 2.44. The van der Waals surface area contributed by atoms with Gasteiger partial charge in [0.2, 0.25) is 0 Å². The molecule has 0 radical (unpaired) electrons. The minimum absolute atomic E-state index is 0.520. The van der Waals surface area contributed by atoms with Crippen LogP contribution in [0, 0.1) is 0 Å². The summed E-state index contributed by atoms with van der Waals surface area (Å²) >= 11 is 0. The first kappa shape index (κ1) is 10.8. The molecule has 13 heavy (non-hydrogen) atoms. The van der Waals surface area contributed by atoms with E-state index in [2.05, 4.69) is 4.74 Å². The summed E-state index contributed by atoms with van der Waals surface area (Å²) in [7, 11) is 1.24. The lowest BCUT2D eigenvalue weighted by Crippen LogP contribution is -2.57. The van der Waals surface area contributed by atoms with Crippen LogP contribution in [0.2, 0.25) is 0 Å². The number of hydrogen-bond donors (Lipinski definition) is 3. The molecule has 0 aromatic heterocycles. The summed E-state index contributed by atoms with van der Waals surface area (Å²) < 4.78 is 22.6. The standard InChI is InChI=1S/C7H13FO5/c1-12-7-6(11)4(8)5(10)3(2-9)13-7/h3-7,9-11H,2H2,1H3/t3-,4+,5-,6-,7-/m1/s1. The molecule has 3 N–H and O–H groups in total. The zero-order valence-corrected chi connectivity index (χ0v) is 7.13. The Balaban J connectivity index is 2.66. The molecule has 1 aliphatic rings. The fraction of sp³-hybridized carbons (Fsp3) is 1.00. The van der Waals surface area contributed by atoms with Crippen LogP contribution in [0.1, 0.15) is 0 Å². The van der Waals surface area contributed by atoms with Crippen LogP contribution in [0.15, 0.2) is 0 Å². The Hall–Kier alpha value is -0.270. The molecule has 0 amide bonds. The predicted molar refractivity (Wildman–Crippen MR) is 39.7 cm³/mol. The quantitative estimate of drug-likeness (QED) is 0.496. The monoisotopic (exact) mass is 196 g/mol. The number of hydrogen-bond acceptors (Lipinski definition) is 5. The second-order valence-corrected chi connectivity index (χ2v) is 2.89. The summed E-state index contributed by atoms with van der Waals surface area (Å²) in [5, 5.41) is 27.0. The van der Waals surface area contributed by atoms with Gasteiger partial charge in [0.05, 0.1) is 6.61 Å². The highest BCUT2D eigenvalue weighted by atomic mass is 19.1. The van der Waals surface area contributed by atoms with Gasteiger partial charge in [-0.3, -0.25) is 0 Å². The summed E-state index contributed by atoms with van der Waals surface area (Å²) in [5.74, 6) is 0. The van der Waals surface area contributed by atoms with Crippen molar-refractivity contribution in [3.8, 4) is 0 Å². The van der Waals surface area contributed by atoms with Gasteiger partial charge in [-0.25, -0.2) is 4.39 Å². The van der Waals surface area contributed by atoms with Crippen LogP contribution in [0.4, 0.5) is 4.39 Å². The number of methoxy groups -OCH3 is 1. The van der Waals surface area contributed by atoms with E-state index in [1.54, 1.807) is 0 Å². The molecule has 1 aliphatic heterocycles. The highest BCUT2D eigenvalue weighted by Crippen LogP contribution is 2.23. The van der Waals surface area contributed by atoms with E-state index in [4.69, 9.17) is 20.1 Å². The van der Waals surface area contributed by atoms with Gasteiger partial charge in [0.15, 0.2) is 12.5 Å². The average molecular weight is 196 g/mol. The Morgan fingerprint density at radius 3 is 2.46 bits per heavy atom. The van der Waals surface area contributed by atoms with Crippen molar-refractivity contribution in [3.05, 3.63) is 0 Å². The third kappa shape index (κ3) is 1.97. The van der Waals surface area contributed by atoms with Crippen LogP contribution in [0.25, 0.3) is 0 Å². The van der Waals surface area contributed by atoms with E-state index in [9.17, 15) is 4.39 Å². The van der Waals surface area contributed by atoms with Crippen molar-refractivity contribution in [3.63, 3.8) is 0 Å². The van der Waals surface area contributed by atoms with E-state index in [0.717, 1.165) is 0 Å². The summed E-state index contributed by atoms with van der Waals surface area (Å²) in [5.41, 5.74) is 0. The van der Waals surface area contributed by atoms with Gasteiger partial charge in [-0.1, -0.05) is 0 Å². The molecular formula is C7H13FO5. The van der Waals surface area contributed by atoms with Gasteiger partial charge in [0.1, 0.15) is 18.3 Å². The van der Waals surface area contributed by atoms with Crippen LogP contribution in [0.3, 0.4) is 0 Å². The first-order valence-electron chi connectivity index (χ1n) is 3.91. The number of halogens is 1. The van der Waals surface area contributed by atoms with Crippen molar-refractivity contribution < 1.29 is 29.2 Å². The van der Waals surface area contributed by atoms with E-state index >= 15 is 0 Å². The summed E-state index contributed by atoms with van der Waals surface area (Å²) in [4.78, 5) is 0. The van der Waals surface area contributed by atoms with Crippen molar-refractivity contribution >= 4 is 0 Å². The molecule has 0 bridgehead atoms. The third-order valence-corrected chi connectivity index (χ3v) is 2.03. The second kappa shape index (κ2) is 4.30. The Labute approximate surface area is 74.7 Å². The molecule has 0 aromatic carbocycles. The maximum atomic E-state index is 13.1. The smallest absolute Gasteiger partial charge is 0.186 e. The lowest BCUT2D eigenvalue weighted by Gasteiger charge is -2.37. The Bertz CT molecular complexity index is 147. The molecule has 5 atom stereocenters. The average Bonchev–Trinajstić information content (AvgIpc) is 2.15. The summed E-state index contributed by atoms with van der Waals surface area (Å²) in [6.07, 6.45) is -7.11. The van der Waals surface area contributed by atoms with Gasteiger partial charge in [0, 0.05) is 7.11 Å². The molecule has 1 heterocycles. The molecule has 6 heteroatoms. The molecule has 1 saturated heterocycles. The Kier molecular flexibility index (Phi) is 3.57. The van der Waals surface area contributed by atoms with Crippen LogP contribution in [0.5, 0.6) is 0 Å². The van der Waals surface area contributed by atoms with E-state index in [1.165, 1.54) is 7.11 Å². The molecule has 0 unspecified atom stereocenters. The van der Waals surface area contributed by atoms with Crippen molar-refractivity contribution in [2.24, 2.45) is 0 Å². The topological polar surface area (TPSA) is 79.2 Å². The van der Waals surface area contributed by atoms with Gasteiger partial charge < -0.3 is 24.8 Å². The van der Waals surface area contributed by atoms with E-state index < -0.39 is 37.4 Å². The van der Waals surface area contributed by atoms with Crippen molar-refractivity contribution in [1.82, 2.24) is 0 Å². The largest absolute Gasteiger partial charge is 0.394 e. The fourth-order valence-corrected chi connectivity index (χ4v) is 1.24. The molecule has 5 nitrogen and oxygen atoms in total. The third-order valence-electron chi connectivity index (χ3n) is 2.03. The highest BCUT2D eigenvalue weighted by molar-refractivity contribution is 4.88. The first-order valence-corrected chi connectivity index (χ1v) is 3.91. The van der Waals surface area contributed by atoms with Crippen LogP contribution >= 0.6 is 0 Å². The fourth-order valence-electron chi connectivity index (χ4n) is 1.24. The second-order valence-electron chi connectivity index (χ2n) is 2.89. The van der Waals surface area contributed by atoms with Crippen molar-refractivity contribution in [2.75, 3.05) is 13.7 Å².